The molecule has 4 heteroatoms. The number of nitrogens with zero attached hydrogens (tertiary/aromatic N) is 1. The summed E-state index contributed by atoms with van der Waals surface area (Å²) in [7, 11) is 1.90. The number of amides is 1. The Morgan fingerprint density at radius 2 is 2.00 bits per heavy atom. The molecule has 1 aliphatic rings. The second-order valence-corrected chi connectivity index (χ2v) is 5.40. The smallest absolute Gasteiger partial charge is 0.255 e. The van der Waals surface area contributed by atoms with Gasteiger partial charge in [0.2, 0.25) is 0 Å². The van der Waals surface area contributed by atoms with E-state index in [2.05, 4.69) is 5.43 Å². The summed E-state index contributed by atoms with van der Waals surface area (Å²) in [5, 5.41) is 0. The summed E-state index contributed by atoms with van der Waals surface area (Å²) < 4.78 is 0. The molecule has 1 aromatic rings. The van der Waals surface area contributed by atoms with Crippen LogP contribution in [0.2, 0.25) is 0 Å². The number of rotatable bonds is 3. The third-order valence-electron chi connectivity index (χ3n) is 4.00. The molecule has 3 N–H and O–H groups in total. The van der Waals surface area contributed by atoms with E-state index in [1.807, 2.05) is 37.1 Å². The van der Waals surface area contributed by atoms with E-state index >= 15 is 0 Å². The maximum Gasteiger partial charge on any atom is 0.255 e. The molecule has 1 aromatic carbocycles. The number of aryl methyl sites for hydroxylation is 1. The van der Waals surface area contributed by atoms with E-state index in [0.29, 0.717) is 17.3 Å². The molecule has 0 spiro atoms. The number of nitrogen functional groups attached to an aromatic ring is 1. The lowest BCUT2D eigenvalue weighted by atomic mass is 9.94. The first kappa shape index (κ1) is 13.9. The first-order valence-electron chi connectivity index (χ1n) is 6.98. The molecular weight excluding hydrogens is 238 g/mol. The largest absolute Gasteiger partial charge is 0.339 e. The number of carbonyl (C=O) groups excluding carboxylic acids is 1. The molecular formula is C15H23N3O. The molecule has 0 radical (unpaired) electrons. The number of benzene rings is 1. The lowest BCUT2D eigenvalue weighted by molar-refractivity contribution is 0.0697. The fourth-order valence-corrected chi connectivity index (χ4v) is 2.79. The van der Waals surface area contributed by atoms with Gasteiger partial charge in [0.15, 0.2) is 0 Å². The first-order chi connectivity index (χ1) is 9.13. The van der Waals surface area contributed by atoms with Gasteiger partial charge in [0.1, 0.15) is 0 Å². The second-order valence-electron chi connectivity index (χ2n) is 5.40. The van der Waals surface area contributed by atoms with E-state index in [0.717, 1.165) is 18.4 Å². The van der Waals surface area contributed by atoms with Crippen LogP contribution in [0.4, 0.5) is 5.69 Å². The molecule has 1 saturated carbocycles. The van der Waals surface area contributed by atoms with Crippen LogP contribution in [0, 0.1) is 6.92 Å². The lowest BCUT2D eigenvalue weighted by Gasteiger charge is -2.31. The third-order valence-corrected chi connectivity index (χ3v) is 4.00. The van der Waals surface area contributed by atoms with Crippen LogP contribution >= 0.6 is 0 Å². The van der Waals surface area contributed by atoms with E-state index in [1.165, 1.54) is 19.3 Å². The van der Waals surface area contributed by atoms with Crippen LogP contribution in [-0.2, 0) is 0 Å². The molecule has 2 rings (SSSR count). The number of hydrogen-bond acceptors (Lipinski definition) is 3. The summed E-state index contributed by atoms with van der Waals surface area (Å²) >= 11 is 0. The summed E-state index contributed by atoms with van der Waals surface area (Å²) in [6.45, 7) is 1.99. The molecule has 0 unspecified atom stereocenters. The highest BCUT2D eigenvalue weighted by atomic mass is 16.2. The Morgan fingerprint density at radius 1 is 1.32 bits per heavy atom. The van der Waals surface area contributed by atoms with E-state index < -0.39 is 0 Å². The monoisotopic (exact) mass is 261 g/mol. The maximum atomic E-state index is 12.6. The summed E-state index contributed by atoms with van der Waals surface area (Å²) in [5.41, 5.74) is 5.07. The Balaban J connectivity index is 2.18. The fraction of sp³-hybridized carbons (Fsp3) is 0.533. The highest BCUT2D eigenvalue weighted by molar-refractivity contribution is 5.99. The van der Waals surface area contributed by atoms with Gasteiger partial charge >= 0.3 is 0 Å². The second kappa shape index (κ2) is 6.06. The van der Waals surface area contributed by atoms with Crippen molar-refractivity contribution >= 4 is 11.6 Å². The molecule has 0 atom stereocenters. The van der Waals surface area contributed by atoms with Crippen LogP contribution in [0.15, 0.2) is 18.2 Å². The van der Waals surface area contributed by atoms with Gasteiger partial charge in [-0.25, -0.2) is 0 Å². The van der Waals surface area contributed by atoms with Gasteiger partial charge in [0.05, 0.1) is 11.3 Å². The van der Waals surface area contributed by atoms with E-state index in [4.69, 9.17) is 5.84 Å². The molecule has 0 heterocycles. The summed E-state index contributed by atoms with van der Waals surface area (Å²) in [4.78, 5) is 14.4. The Bertz CT molecular complexity index is 453. The molecule has 0 aromatic heterocycles. The van der Waals surface area contributed by atoms with Crippen molar-refractivity contribution in [2.75, 3.05) is 12.5 Å². The molecule has 1 aliphatic carbocycles. The predicted octanol–water partition coefficient (Wildman–Crippen LogP) is 2.69. The van der Waals surface area contributed by atoms with Gasteiger partial charge in [-0.15, -0.1) is 0 Å². The number of nitrogens with one attached hydrogen (secondary N) is 1. The van der Waals surface area contributed by atoms with Crippen molar-refractivity contribution in [1.29, 1.82) is 0 Å². The summed E-state index contributed by atoms with van der Waals surface area (Å²) in [5.74, 6) is 5.57. The lowest BCUT2D eigenvalue weighted by Crippen LogP contribution is -2.38. The summed E-state index contributed by atoms with van der Waals surface area (Å²) in [6.07, 6.45) is 5.95. The molecule has 0 saturated heterocycles. The Kier molecular flexibility index (Phi) is 4.43. The summed E-state index contributed by atoms with van der Waals surface area (Å²) in [6, 6.07) is 6.07. The zero-order chi connectivity index (χ0) is 13.8. The highest BCUT2D eigenvalue weighted by Crippen LogP contribution is 2.25. The average molecular weight is 261 g/mol. The van der Waals surface area contributed by atoms with Gasteiger partial charge in [0.25, 0.3) is 5.91 Å². The normalized spacial score (nSPS) is 16.2. The number of hydrazine groups is 1. The van der Waals surface area contributed by atoms with Crippen LogP contribution in [-0.4, -0.2) is 23.9 Å². The minimum absolute atomic E-state index is 0.0554. The van der Waals surface area contributed by atoms with Crippen LogP contribution < -0.4 is 11.3 Å². The average Bonchev–Trinajstić information content (AvgIpc) is 2.46. The number of anilines is 1. The minimum Gasteiger partial charge on any atom is -0.339 e. The van der Waals surface area contributed by atoms with Crippen LogP contribution in [0.1, 0.15) is 48.0 Å². The molecule has 19 heavy (non-hydrogen) atoms. The van der Waals surface area contributed by atoms with Crippen molar-refractivity contribution in [2.45, 2.75) is 45.1 Å². The van der Waals surface area contributed by atoms with Gasteiger partial charge in [-0.05, 0) is 37.5 Å². The number of hydrogen-bond donors (Lipinski definition) is 2. The first-order valence-corrected chi connectivity index (χ1v) is 6.98. The molecule has 0 aliphatic heterocycles. The highest BCUT2D eigenvalue weighted by Gasteiger charge is 2.24. The quantitative estimate of drug-likeness (QED) is 0.649. The van der Waals surface area contributed by atoms with Gasteiger partial charge in [-0.2, -0.15) is 0 Å². The topological polar surface area (TPSA) is 58.4 Å². The zero-order valence-corrected chi connectivity index (χ0v) is 11.8. The molecule has 0 bridgehead atoms. The molecule has 1 fully saturated rings. The van der Waals surface area contributed by atoms with E-state index in [9.17, 15) is 4.79 Å². The van der Waals surface area contributed by atoms with Crippen molar-refractivity contribution in [3.05, 3.63) is 29.3 Å². The number of carbonyl (C=O) groups is 1. The minimum atomic E-state index is 0.0554. The SMILES string of the molecule is Cc1ccc(C(=O)N(C)C2CCCCC2)c(NN)c1. The van der Waals surface area contributed by atoms with E-state index in [-0.39, 0.29) is 5.91 Å². The van der Waals surface area contributed by atoms with Crippen LogP contribution in [0.25, 0.3) is 0 Å². The Morgan fingerprint density at radius 3 is 2.63 bits per heavy atom. The Labute approximate surface area is 114 Å². The van der Waals surface area contributed by atoms with Crippen LogP contribution in [0.5, 0.6) is 0 Å². The van der Waals surface area contributed by atoms with Crippen molar-refractivity contribution in [3.8, 4) is 0 Å². The maximum absolute atomic E-state index is 12.6. The standard InChI is InChI=1S/C15H23N3O/c1-11-8-9-13(14(10-11)17-16)15(19)18(2)12-6-4-3-5-7-12/h8-10,12,17H,3-7,16H2,1-2H3. The third kappa shape index (κ3) is 3.07. The Hall–Kier alpha value is -1.55. The van der Waals surface area contributed by atoms with Crippen molar-refractivity contribution in [2.24, 2.45) is 5.84 Å². The number of nitrogens with two attached hydrogens (primary N) is 1. The van der Waals surface area contributed by atoms with Crippen molar-refractivity contribution < 1.29 is 4.79 Å². The van der Waals surface area contributed by atoms with Crippen molar-refractivity contribution in [3.63, 3.8) is 0 Å². The van der Waals surface area contributed by atoms with Crippen LogP contribution in [0.3, 0.4) is 0 Å². The molecule has 1 amide bonds. The van der Waals surface area contributed by atoms with Gasteiger partial charge < -0.3 is 10.3 Å². The zero-order valence-electron chi connectivity index (χ0n) is 11.8. The van der Waals surface area contributed by atoms with Gasteiger partial charge in [0, 0.05) is 13.1 Å². The van der Waals surface area contributed by atoms with E-state index in [1.54, 1.807) is 0 Å². The fourth-order valence-electron chi connectivity index (χ4n) is 2.79. The molecule has 4 nitrogen and oxygen atoms in total. The predicted molar refractivity (Wildman–Crippen MR) is 78.0 cm³/mol. The van der Waals surface area contributed by atoms with Gasteiger partial charge in [-0.3, -0.25) is 10.6 Å². The van der Waals surface area contributed by atoms with Crippen molar-refractivity contribution in [1.82, 2.24) is 4.90 Å². The van der Waals surface area contributed by atoms with Gasteiger partial charge in [-0.1, -0.05) is 25.3 Å². The molecule has 104 valence electrons.